The number of anilines is 1. The monoisotopic (exact) mass is 342 g/mol. The molecule has 1 aromatic carbocycles. The first-order valence-electron chi connectivity index (χ1n) is 7.38. The second-order valence-corrected chi connectivity index (χ2v) is 5.26. The number of nitrogens with zero attached hydrogens (tertiary/aromatic N) is 4. The molecule has 0 radical (unpaired) electrons. The predicted molar refractivity (Wildman–Crippen MR) is 88.9 cm³/mol. The fourth-order valence-corrected chi connectivity index (χ4v) is 2.19. The number of aryl methyl sites for hydroxylation is 1. The molecule has 0 aliphatic rings. The van der Waals surface area contributed by atoms with Crippen LogP contribution in [0.15, 0.2) is 54.1 Å². The van der Waals surface area contributed by atoms with Crippen molar-refractivity contribution < 1.29 is 9.18 Å². The Morgan fingerprint density at radius 2 is 2.12 bits per heavy atom. The van der Waals surface area contributed by atoms with Crippen molar-refractivity contribution in [3.63, 3.8) is 0 Å². The fraction of sp³-hybridized carbons (Fsp3) is 0.125. The summed E-state index contributed by atoms with van der Waals surface area (Å²) in [6.07, 6.45) is 7.58. The van der Waals surface area contributed by atoms with Crippen LogP contribution in [0, 0.1) is 5.82 Å². The van der Waals surface area contributed by atoms with E-state index in [0.717, 1.165) is 0 Å². The van der Waals surface area contributed by atoms with Gasteiger partial charge in [0.05, 0.1) is 12.0 Å². The SMILES string of the molecule is Cn1ccnc(NC(=O)NCc2ccc(-n3ccnc3)c(F)c2)c1=O. The van der Waals surface area contributed by atoms with Crippen molar-refractivity contribution in [3.05, 3.63) is 71.0 Å². The summed E-state index contributed by atoms with van der Waals surface area (Å²) in [5, 5.41) is 4.92. The molecule has 0 atom stereocenters. The number of imidazole rings is 1. The number of carbonyl (C=O) groups excluding carboxylic acids is 1. The molecule has 0 saturated carbocycles. The Hall–Kier alpha value is -3.49. The molecule has 2 heterocycles. The molecule has 9 heteroatoms. The van der Waals surface area contributed by atoms with E-state index in [0.29, 0.717) is 11.3 Å². The van der Waals surface area contributed by atoms with Gasteiger partial charge in [-0.2, -0.15) is 0 Å². The molecule has 0 aliphatic carbocycles. The molecule has 3 rings (SSSR count). The highest BCUT2D eigenvalue weighted by atomic mass is 19.1. The Labute approximate surface area is 142 Å². The van der Waals surface area contributed by atoms with Gasteiger partial charge >= 0.3 is 6.03 Å². The van der Waals surface area contributed by atoms with E-state index in [1.807, 2.05) is 0 Å². The van der Waals surface area contributed by atoms with Gasteiger partial charge in [-0.15, -0.1) is 0 Å². The number of aromatic nitrogens is 4. The molecule has 0 spiro atoms. The second-order valence-electron chi connectivity index (χ2n) is 5.26. The highest BCUT2D eigenvalue weighted by Crippen LogP contribution is 2.14. The normalized spacial score (nSPS) is 10.5. The number of hydrogen-bond donors (Lipinski definition) is 2. The van der Waals surface area contributed by atoms with Gasteiger partial charge in [-0.3, -0.25) is 10.1 Å². The van der Waals surface area contributed by atoms with Crippen LogP contribution in [0.2, 0.25) is 0 Å². The third kappa shape index (κ3) is 3.71. The zero-order valence-electron chi connectivity index (χ0n) is 13.3. The van der Waals surface area contributed by atoms with Crippen LogP contribution in [0.1, 0.15) is 5.56 Å². The van der Waals surface area contributed by atoms with Crippen LogP contribution in [0.4, 0.5) is 15.0 Å². The fourth-order valence-electron chi connectivity index (χ4n) is 2.19. The lowest BCUT2D eigenvalue weighted by Gasteiger charge is -2.09. The zero-order chi connectivity index (χ0) is 17.8. The Kier molecular flexibility index (Phi) is 4.55. The molecule has 0 aliphatic heterocycles. The first-order valence-corrected chi connectivity index (χ1v) is 7.38. The number of hydrogen-bond acceptors (Lipinski definition) is 4. The Morgan fingerprint density at radius 3 is 2.84 bits per heavy atom. The maximum absolute atomic E-state index is 14.2. The topological polar surface area (TPSA) is 93.8 Å². The van der Waals surface area contributed by atoms with Gasteiger partial charge in [-0.05, 0) is 17.7 Å². The van der Waals surface area contributed by atoms with Gasteiger partial charge < -0.3 is 14.5 Å². The molecular formula is C16H15FN6O2. The van der Waals surface area contributed by atoms with Crippen LogP contribution in [0.3, 0.4) is 0 Å². The summed E-state index contributed by atoms with van der Waals surface area (Å²) in [6.45, 7) is 0.0973. The van der Waals surface area contributed by atoms with Gasteiger partial charge in [-0.25, -0.2) is 19.2 Å². The molecule has 2 amide bonds. The highest BCUT2D eigenvalue weighted by molar-refractivity contribution is 5.87. The number of benzene rings is 1. The third-order valence-corrected chi connectivity index (χ3v) is 3.50. The summed E-state index contributed by atoms with van der Waals surface area (Å²) < 4.78 is 17.0. The van der Waals surface area contributed by atoms with E-state index in [1.54, 1.807) is 36.1 Å². The molecule has 2 aromatic heterocycles. The van der Waals surface area contributed by atoms with E-state index in [2.05, 4.69) is 20.6 Å². The minimum absolute atomic E-state index is 0.0795. The van der Waals surface area contributed by atoms with E-state index in [-0.39, 0.29) is 12.4 Å². The van der Waals surface area contributed by atoms with E-state index in [4.69, 9.17) is 0 Å². The Balaban J connectivity index is 1.63. The van der Waals surface area contributed by atoms with Gasteiger partial charge in [0, 0.05) is 38.4 Å². The average molecular weight is 342 g/mol. The number of carbonyl (C=O) groups is 1. The van der Waals surface area contributed by atoms with Crippen LogP contribution in [0.5, 0.6) is 0 Å². The number of rotatable bonds is 4. The lowest BCUT2D eigenvalue weighted by molar-refractivity contribution is 0.251. The molecule has 0 saturated heterocycles. The highest BCUT2D eigenvalue weighted by Gasteiger charge is 2.09. The van der Waals surface area contributed by atoms with Crippen molar-refractivity contribution in [1.82, 2.24) is 24.4 Å². The van der Waals surface area contributed by atoms with E-state index in [9.17, 15) is 14.0 Å². The maximum Gasteiger partial charge on any atom is 0.320 e. The smallest absolute Gasteiger partial charge is 0.320 e. The van der Waals surface area contributed by atoms with E-state index >= 15 is 0 Å². The van der Waals surface area contributed by atoms with Gasteiger partial charge in [0.15, 0.2) is 0 Å². The standard InChI is InChI=1S/C16H15FN6O2/c1-22-6-5-19-14(15(22)24)21-16(25)20-9-11-2-3-13(12(17)8-11)23-7-4-18-10-23/h2-8,10H,9H2,1H3,(H2,19,20,21,25). The molecule has 25 heavy (non-hydrogen) atoms. The second kappa shape index (κ2) is 6.95. The first-order chi connectivity index (χ1) is 12.0. The van der Waals surface area contributed by atoms with Crippen LogP contribution in [0.25, 0.3) is 5.69 Å². The van der Waals surface area contributed by atoms with E-state index < -0.39 is 17.4 Å². The number of urea groups is 1. The molecule has 0 fully saturated rings. The summed E-state index contributed by atoms with van der Waals surface area (Å²) in [6, 6.07) is 4.02. The minimum atomic E-state index is -0.602. The number of nitrogens with one attached hydrogen (secondary N) is 2. The van der Waals surface area contributed by atoms with Crippen molar-refractivity contribution in [2.45, 2.75) is 6.54 Å². The summed E-state index contributed by atoms with van der Waals surface area (Å²) >= 11 is 0. The van der Waals surface area contributed by atoms with Crippen molar-refractivity contribution in [2.75, 3.05) is 5.32 Å². The van der Waals surface area contributed by atoms with Crippen LogP contribution in [-0.2, 0) is 13.6 Å². The van der Waals surface area contributed by atoms with Gasteiger partial charge in [0.2, 0.25) is 5.82 Å². The maximum atomic E-state index is 14.2. The van der Waals surface area contributed by atoms with Crippen molar-refractivity contribution >= 4 is 11.8 Å². The molecular weight excluding hydrogens is 327 g/mol. The van der Waals surface area contributed by atoms with Gasteiger partial charge in [0.1, 0.15) is 5.82 Å². The summed E-state index contributed by atoms with van der Waals surface area (Å²) in [5.41, 5.74) is 0.515. The lowest BCUT2D eigenvalue weighted by atomic mass is 10.2. The van der Waals surface area contributed by atoms with Crippen LogP contribution in [-0.4, -0.2) is 25.1 Å². The summed E-state index contributed by atoms with van der Waals surface area (Å²) in [7, 11) is 1.55. The summed E-state index contributed by atoms with van der Waals surface area (Å²) in [4.78, 5) is 31.3. The third-order valence-electron chi connectivity index (χ3n) is 3.50. The Morgan fingerprint density at radius 1 is 1.28 bits per heavy atom. The molecule has 2 N–H and O–H groups in total. The van der Waals surface area contributed by atoms with Crippen LogP contribution < -0.4 is 16.2 Å². The zero-order valence-corrected chi connectivity index (χ0v) is 13.3. The van der Waals surface area contributed by atoms with Crippen molar-refractivity contribution in [2.24, 2.45) is 7.05 Å². The minimum Gasteiger partial charge on any atom is -0.334 e. The van der Waals surface area contributed by atoms with Crippen molar-refractivity contribution in [1.29, 1.82) is 0 Å². The number of amides is 2. The molecule has 3 aromatic rings. The Bertz CT molecular complexity index is 952. The quantitative estimate of drug-likeness (QED) is 0.750. The number of halogens is 1. The van der Waals surface area contributed by atoms with Crippen molar-refractivity contribution in [3.8, 4) is 5.69 Å². The summed E-state index contributed by atoms with van der Waals surface area (Å²) in [5.74, 6) is -0.513. The average Bonchev–Trinajstić information content (AvgIpc) is 3.11. The van der Waals surface area contributed by atoms with Crippen LogP contribution >= 0.6 is 0 Å². The molecule has 0 bridgehead atoms. The van der Waals surface area contributed by atoms with Gasteiger partial charge in [0.25, 0.3) is 5.56 Å². The molecule has 128 valence electrons. The largest absolute Gasteiger partial charge is 0.334 e. The van der Waals surface area contributed by atoms with Gasteiger partial charge in [-0.1, -0.05) is 6.07 Å². The first kappa shape index (κ1) is 16.4. The molecule has 8 nitrogen and oxygen atoms in total. The molecule has 0 unspecified atom stereocenters. The predicted octanol–water partition coefficient (Wildman–Crippen LogP) is 1.43. The lowest BCUT2D eigenvalue weighted by Crippen LogP contribution is -2.32. The van der Waals surface area contributed by atoms with E-state index in [1.165, 1.54) is 29.4 Å².